The molecule has 3 aromatic rings. The molecule has 35 heavy (non-hydrogen) atoms. The molecule has 0 unspecified atom stereocenters. The van der Waals surface area contributed by atoms with Crippen molar-refractivity contribution in [2.24, 2.45) is 5.10 Å². The molecule has 0 saturated carbocycles. The van der Waals surface area contributed by atoms with Crippen LogP contribution in [0.4, 0.5) is 11.4 Å². The van der Waals surface area contributed by atoms with E-state index in [-0.39, 0.29) is 22.7 Å². The van der Waals surface area contributed by atoms with Crippen molar-refractivity contribution in [1.29, 1.82) is 0 Å². The van der Waals surface area contributed by atoms with Crippen LogP contribution >= 0.6 is 0 Å². The average Bonchev–Trinajstić information content (AvgIpc) is 2.84. The van der Waals surface area contributed by atoms with E-state index in [9.17, 15) is 29.8 Å². The maximum atomic E-state index is 12.3. The molecule has 11 nitrogen and oxygen atoms in total. The van der Waals surface area contributed by atoms with E-state index in [1.165, 1.54) is 36.4 Å². The zero-order valence-electron chi connectivity index (χ0n) is 18.3. The number of benzene rings is 3. The van der Waals surface area contributed by atoms with Gasteiger partial charge in [0.15, 0.2) is 0 Å². The molecule has 1 N–H and O–H groups in total. The lowest BCUT2D eigenvalue weighted by molar-refractivity contribution is -0.385. The first kappa shape index (κ1) is 24.5. The van der Waals surface area contributed by atoms with E-state index in [2.05, 4.69) is 10.5 Å². The van der Waals surface area contributed by atoms with Crippen LogP contribution in [0, 0.1) is 27.2 Å². The lowest BCUT2D eigenvalue weighted by atomic mass is 10.1. The van der Waals surface area contributed by atoms with Gasteiger partial charge >= 0.3 is 5.97 Å². The van der Waals surface area contributed by atoms with Gasteiger partial charge < -0.3 is 4.74 Å². The van der Waals surface area contributed by atoms with Crippen molar-refractivity contribution in [2.45, 2.75) is 6.92 Å². The number of hydrogen-bond acceptors (Lipinski definition) is 8. The van der Waals surface area contributed by atoms with Crippen LogP contribution in [0.25, 0.3) is 6.08 Å². The highest BCUT2D eigenvalue weighted by Crippen LogP contribution is 2.23. The Morgan fingerprint density at radius 3 is 2.17 bits per heavy atom. The first-order valence-electron chi connectivity index (χ1n) is 10.1. The summed E-state index contributed by atoms with van der Waals surface area (Å²) in [6.07, 6.45) is 3.62. The molecule has 0 heterocycles. The van der Waals surface area contributed by atoms with Gasteiger partial charge in [-0.25, -0.2) is 10.2 Å². The molecule has 0 atom stereocenters. The SMILES string of the molecule is Cc1ccc(C(=O)N/N=C/c2cc([N+](=O)[O-])ccc2OC(=O)/C=C/c2ccc([N+](=O)[O-])cc2)cc1. The molecule has 0 aliphatic carbocycles. The Morgan fingerprint density at radius 1 is 0.914 bits per heavy atom. The van der Waals surface area contributed by atoms with E-state index >= 15 is 0 Å². The summed E-state index contributed by atoms with van der Waals surface area (Å²) >= 11 is 0. The summed E-state index contributed by atoms with van der Waals surface area (Å²) in [7, 11) is 0. The second-order valence-corrected chi connectivity index (χ2v) is 7.15. The molecule has 3 rings (SSSR count). The molecule has 0 radical (unpaired) electrons. The molecule has 0 aliphatic rings. The Kier molecular flexibility index (Phi) is 7.75. The maximum Gasteiger partial charge on any atom is 0.336 e. The normalized spacial score (nSPS) is 10.9. The number of aryl methyl sites for hydroxylation is 1. The van der Waals surface area contributed by atoms with E-state index < -0.39 is 21.7 Å². The monoisotopic (exact) mass is 474 g/mol. The van der Waals surface area contributed by atoms with Crippen molar-refractivity contribution in [3.8, 4) is 5.75 Å². The Morgan fingerprint density at radius 2 is 1.54 bits per heavy atom. The van der Waals surface area contributed by atoms with E-state index in [4.69, 9.17) is 4.74 Å². The Bertz CT molecular complexity index is 1330. The predicted octanol–water partition coefficient (Wildman–Crippen LogP) is 4.19. The number of nitrogens with zero attached hydrogens (tertiary/aromatic N) is 3. The molecular formula is C24H18N4O7. The zero-order valence-corrected chi connectivity index (χ0v) is 18.3. The highest BCUT2D eigenvalue weighted by Gasteiger charge is 2.13. The van der Waals surface area contributed by atoms with E-state index in [0.29, 0.717) is 11.1 Å². The number of nitrogens with one attached hydrogen (secondary N) is 1. The minimum absolute atomic E-state index is 0.0257. The lowest BCUT2D eigenvalue weighted by Crippen LogP contribution is -2.17. The summed E-state index contributed by atoms with van der Waals surface area (Å²) in [5.41, 5.74) is 3.92. The van der Waals surface area contributed by atoms with Gasteiger partial charge in [-0.05, 0) is 48.9 Å². The number of carbonyl (C=O) groups is 2. The topological polar surface area (TPSA) is 154 Å². The summed E-state index contributed by atoms with van der Waals surface area (Å²) in [6.45, 7) is 1.88. The van der Waals surface area contributed by atoms with Crippen LogP contribution < -0.4 is 10.2 Å². The summed E-state index contributed by atoms with van der Waals surface area (Å²) in [4.78, 5) is 45.1. The highest BCUT2D eigenvalue weighted by molar-refractivity contribution is 5.95. The number of nitro groups is 2. The molecule has 176 valence electrons. The fraction of sp³-hybridized carbons (Fsp3) is 0.0417. The van der Waals surface area contributed by atoms with Crippen molar-refractivity contribution < 1.29 is 24.2 Å². The number of amides is 1. The van der Waals surface area contributed by atoms with Crippen molar-refractivity contribution in [3.63, 3.8) is 0 Å². The van der Waals surface area contributed by atoms with Crippen LogP contribution in [-0.2, 0) is 4.79 Å². The molecule has 0 spiro atoms. The minimum atomic E-state index is -0.796. The number of non-ortho nitro benzene ring substituents is 2. The molecule has 11 heteroatoms. The Hall–Kier alpha value is -5.19. The number of hydrogen-bond donors (Lipinski definition) is 1. The number of hydrazone groups is 1. The number of esters is 1. The fourth-order valence-corrected chi connectivity index (χ4v) is 2.79. The van der Waals surface area contributed by atoms with Gasteiger partial charge in [0, 0.05) is 41.5 Å². The van der Waals surface area contributed by atoms with Gasteiger partial charge in [0.25, 0.3) is 17.3 Å². The first-order chi connectivity index (χ1) is 16.7. The average molecular weight is 474 g/mol. The number of nitro benzene ring substituents is 2. The largest absolute Gasteiger partial charge is 0.423 e. The van der Waals surface area contributed by atoms with E-state index in [0.717, 1.165) is 30.0 Å². The van der Waals surface area contributed by atoms with Crippen LogP contribution in [-0.4, -0.2) is 27.9 Å². The summed E-state index contributed by atoms with van der Waals surface area (Å²) in [5.74, 6) is -1.31. The Labute approximate surface area is 198 Å². The van der Waals surface area contributed by atoms with Crippen molar-refractivity contribution >= 4 is 35.5 Å². The maximum absolute atomic E-state index is 12.3. The van der Waals surface area contributed by atoms with Crippen molar-refractivity contribution in [2.75, 3.05) is 0 Å². The van der Waals surface area contributed by atoms with Gasteiger partial charge in [-0.1, -0.05) is 17.7 Å². The van der Waals surface area contributed by atoms with Crippen LogP contribution in [0.2, 0.25) is 0 Å². The van der Waals surface area contributed by atoms with Crippen molar-refractivity contribution in [3.05, 3.63) is 115 Å². The first-order valence-corrected chi connectivity index (χ1v) is 10.1. The van der Waals surface area contributed by atoms with Gasteiger partial charge in [-0.3, -0.25) is 25.0 Å². The smallest absolute Gasteiger partial charge is 0.336 e. The van der Waals surface area contributed by atoms with Crippen LogP contribution in [0.5, 0.6) is 5.75 Å². The number of rotatable bonds is 8. The molecule has 0 saturated heterocycles. The lowest BCUT2D eigenvalue weighted by Gasteiger charge is -2.06. The molecule has 0 bridgehead atoms. The quantitative estimate of drug-likeness (QED) is 0.128. The number of carbonyl (C=O) groups excluding carboxylic acids is 2. The molecular weight excluding hydrogens is 456 g/mol. The summed E-state index contributed by atoms with van der Waals surface area (Å²) < 4.78 is 5.26. The molecule has 0 aliphatic heterocycles. The third kappa shape index (κ3) is 6.89. The van der Waals surface area contributed by atoms with Crippen LogP contribution in [0.15, 0.2) is 77.9 Å². The molecule has 1 amide bonds. The molecule has 0 aromatic heterocycles. The Balaban J connectivity index is 1.73. The second-order valence-electron chi connectivity index (χ2n) is 7.15. The van der Waals surface area contributed by atoms with E-state index in [1.54, 1.807) is 24.3 Å². The van der Waals surface area contributed by atoms with Gasteiger partial charge in [0.1, 0.15) is 5.75 Å². The summed E-state index contributed by atoms with van der Waals surface area (Å²) in [5, 5.41) is 25.7. The third-order valence-corrected chi connectivity index (χ3v) is 4.61. The van der Waals surface area contributed by atoms with Gasteiger partial charge in [-0.2, -0.15) is 5.10 Å². The van der Waals surface area contributed by atoms with Gasteiger partial charge in [0.05, 0.1) is 16.1 Å². The fourth-order valence-electron chi connectivity index (χ4n) is 2.79. The minimum Gasteiger partial charge on any atom is -0.423 e. The zero-order chi connectivity index (χ0) is 25.4. The number of ether oxygens (including phenoxy) is 1. The highest BCUT2D eigenvalue weighted by atomic mass is 16.6. The predicted molar refractivity (Wildman–Crippen MR) is 127 cm³/mol. The van der Waals surface area contributed by atoms with Crippen LogP contribution in [0.1, 0.15) is 27.0 Å². The van der Waals surface area contributed by atoms with Gasteiger partial charge in [-0.15, -0.1) is 0 Å². The van der Waals surface area contributed by atoms with Gasteiger partial charge in [0.2, 0.25) is 0 Å². The van der Waals surface area contributed by atoms with Crippen molar-refractivity contribution in [1.82, 2.24) is 5.43 Å². The van der Waals surface area contributed by atoms with E-state index in [1.807, 2.05) is 6.92 Å². The second kappa shape index (κ2) is 11.1. The van der Waals surface area contributed by atoms with Crippen LogP contribution in [0.3, 0.4) is 0 Å². The standard InChI is InChI=1S/C24H18N4O7/c1-16-2-7-18(8-3-16)24(30)26-25-15-19-14-21(28(33)34)11-12-22(19)35-23(29)13-6-17-4-9-20(10-5-17)27(31)32/h2-15H,1H3,(H,26,30)/b13-6+,25-15+. The molecule has 3 aromatic carbocycles. The molecule has 0 fully saturated rings. The summed E-state index contributed by atoms with van der Waals surface area (Å²) in [6, 6.07) is 15.8. The third-order valence-electron chi connectivity index (χ3n) is 4.61.